The molecule has 0 unspecified atom stereocenters. The highest BCUT2D eigenvalue weighted by molar-refractivity contribution is 6.30. The number of ether oxygens (including phenoxy) is 3. The fraction of sp³-hybridized carbons (Fsp3) is 0.105. The summed E-state index contributed by atoms with van der Waals surface area (Å²) in [6.45, 7) is 0. The molecule has 0 bridgehead atoms. The van der Waals surface area contributed by atoms with Crippen molar-refractivity contribution < 1.29 is 14.2 Å². The van der Waals surface area contributed by atoms with E-state index in [0.717, 1.165) is 11.3 Å². The molecule has 0 radical (unpaired) electrons. The number of methoxy groups -OCH3 is 2. The summed E-state index contributed by atoms with van der Waals surface area (Å²) in [7, 11) is 3.02. The maximum atomic E-state index is 5.89. The van der Waals surface area contributed by atoms with Crippen molar-refractivity contribution in [2.24, 2.45) is 4.99 Å². The van der Waals surface area contributed by atoms with Crippen molar-refractivity contribution in [1.82, 2.24) is 9.97 Å². The quantitative estimate of drug-likeness (QED) is 0.590. The molecule has 26 heavy (non-hydrogen) atoms. The number of nitrogens with zero attached hydrogens (tertiary/aromatic N) is 3. The second-order valence-corrected chi connectivity index (χ2v) is 5.55. The molecule has 3 rings (SSSR count). The van der Waals surface area contributed by atoms with E-state index >= 15 is 0 Å². The lowest BCUT2D eigenvalue weighted by Crippen LogP contribution is -1.99. The lowest BCUT2D eigenvalue weighted by molar-refractivity contribution is 0.348. The molecule has 0 amide bonds. The predicted molar refractivity (Wildman–Crippen MR) is 100 cm³/mol. The van der Waals surface area contributed by atoms with Gasteiger partial charge in [0, 0.05) is 16.8 Å². The molecular weight excluding hydrogens is 354 g/mol. The van der Waals surface area contributed by atoms with E-state index in [4.69, 9.17) is 25.8 Å². The van der Waals surface area contributed by atoms with E-state index in [1.165, 1.54) is 14.2 Å². The summed E-state index contributed by atoms with van der Waals surface area (Å²) in [5.41, 5.74) is 1.55. The Balaban J connectivity index is 1.86. The average molecular weight is 370 g/mol. The first-order valence-corrected chi connectivity index (χ1v) is 8.09. The first-order chi connectivity index (χ1) is 12.7. The number of hydrogen-bond acceptors (Lipinski definition) is 6. The molecule has 0 spiro atoms. The van der Waals surface area contributed by atoms with Crippen LogP contribution < -0.4 is 14.2 Å². The molecule has 0 aliphatic heterocycles. The third kappa shape index (κ3) is 4.49. The van der Waals surface area contributed by atoms with Crippen LogP contribution in [0.15, 0.2) is 59.6 Å². The van der Waals surface area contributed by atoms with Crippen LogP contribution in [0.25, 0.3) is 0 Å². The van der Waals surface area contributed by atoms with Crippen LogP contribution in [0, 0.1) is 0 Å². The van der Waals surface area contributed by atoms with Crippen LogP contribution in [-0.4, -0.2) is 30.4 Å². The molecule has 2 aromatic carbocycles. The Kier molecular flexibility index (Phi) is 5.66. The van der Waals surface area contributed by atoms with Gasteiger partial charge in [0.1, 0.15) is 5.75 Å². The van der Waals surface area contributed by atoms with Crippen LogP contribution in [0.3, 0.4) is 0 Å². The summed E-state index contributed by atoms with van der Waals surface area (Å²) in [4.78, 5) is 12.8. The smallest absolute Gasteiger partial charge is 0.328 e. The van der Waals surface area contributed by atoms with Crippen molar-refractivity contribution >= 4 is 23.5 Å². The summed E-state index contributed by atoms with van der Waals surface area (Å²) in [5.74, 6) is 1.25. The van der Waals surface area contributed by atoms with Crippen LogP contribution in [-0.2, 0) is 0 Å². The minimum Gasteiger partial charge on any atom is -0.481 e. The minimum atomic E-state index is 0.119. The SMILES string of the molecule is COc1cc(OC)nc(Oc2ccccc2C=Nc2ccc(Cl)cc2)n1. The standard InChI is InChI=1S/C19H16ClN3O3/c1-24-17-11-18(25-2)23-19(22-17)26-16-6-4-3-5-13(16)12-21-15-9-7-14(20)8-10-15/h3-12H,1-2H3. The van der Waals surface area contributed by atoms with Gasteiger partial charge in [0.2, 0.25) is 11.8 Å². The zero-order valence-corrected chi connectivity index (χ0v) is 15.0. The van der Waals surface area contributed by atoms with E-state index in [9.17, 15) is 0 Å². The molecule has 0 aliphatic carbocycles. The third-order valence-electron chi connectivity index (χ3n) is 3.38. The summed E-state index contributed by atoms with van der Waals surface area (Å²) in [5, 5.41) is 0.664. The molecule has 1 aromatic heterocycles. The normalized spacial score (nSPS) is 10.7. The van der Waals surface area contributed by atoms with Crippen molar-refractivity contribution in [2.75, 3.05) is 14.2 Å². The molecule has 6 nitrogen and oxygen atoms in total. The summed E-state index contributed by atoms with van der Waals surface area (Å²) in [6, 6.07) is 16.4. The number of rotatable bonds is 6. The van der Waals surface area contributed by atoms with Crippen molar-refractivity contribution in [3.8, 4) is 23.5 Å². The molecule has 0 fully saturated rings. The number of benzene rings is 2. The average Bonchev–Trinajstić information content (AvgIpc) is 2.68. The molecule has 7 heteroatoms. The topological polar surface area (TPSA) is 65.8 Å². The highest BCUT2D eigenvalue weighted by Crippen LogP contribution is 2.26. The Hall–Kier alpha value is -3.12. The van der Waals surface area contributed by atoms with E-state index in [1.807, 2.05) is 30.3 Å². The second-order valence-electron chi connectivity index (χ2n) is 5.11. The van der Waals surface area contributed by atoms with Gasteiger partial charge in [-0.25, -0.2) is 0 Å². The van der Waals surface area contributed by atoms with E-state index in [0.29, 0.717) is 22.5 Å². The maximum Gasteiger partial charge on any atom is 0.328 e. The first kappa shape index (κ1) is 17.7. The molecular formula is C19H16ClN3O3. The van der Waals surface area contributed by atoms with Gasteiger partial charge in [-0.3, -0.25) is 4.99 Å². The minimum absolute atomic E-state index is 0.119. The van der Waals surface area contributed by atoms with Gasteiger partial charge in [-0.2, -0.15) is 9.97 Å². The highest BCUT2D eigenvalue weighted by atomic mass is 35.5. The Bertz CT molecular complexity index is 892. The monoisotopic (exact) mass is 369 g/mol. The summed E-state index contributed by atoms with van der Waals surface area (Å²) >= 11 is 5.89. The van der Waals surface area contributed by atoms with Gasteiger partial charge < -0.3 is 14.2 Å². The number of hydrogen-bond donors (Lipinski definition) is 0. The second kappa shape index (κ2) is 8.31. The molecule has 1 heterocycles. The van der Waals surface area contributed by atoms with Crippen molar-refractivity contribution in [3.63, 3.8) is 0 Å². The number of para-hydroxylation sites is 1. The van der Waals surface area contributed by atoms with Gasteiger partial charge in [0.25, 0.3) is 0 Å². The lowest BCUT2D eigenvalue weighted by Gasteiger charge is -2.09. The lowest BCUT2D eigenvalue weighted by atomic mass is 10.2. The Labute approximate surface area is 156 Å². The fourth-order valence-corrected chi connectivity index (χ4v) is 2.21. The van der Waals surface area contributed by atoms with Gasteiger partial charge in [0.05, 0.1) is 26.0 Å². The molecule has 3 aromatic rings. The predicted octanol–water partition coefficient (Wildman–Crippen LogP) is 4.69. The molecule has 0 saturated heterocycles. The molecule has 132 valence electrons. The number of aliphatic imine (C=N–C) groups is 1. The van der Waals surface area contributed by atoms with Gasteiger partial charge in [0.15, 0.2) is 0 Å². The van der Waals surface area contributed by atoms with Crippen molar-refractivity contribution in [1.29, 1.82) is 0 Å². The van der Waals surface area contributed by atoms with Crippen LogP contribution in [0.5, 0.6) is 23.5 Å². The Morgan fingerprint density at radius 2 is 1.58 bits per heavy atom. The number of halogens is 1. The molecule has 0 aliphatic rings. The maximum absolute atomic E-state index is 5.89. The van der Waals surface area contributed by atoms with Gasteiger partial charge in [-0.05, 0) is 36.4 Å². The van der Waals surface area contributed by atoms with Crippen LogP contribution >= 0.6 is 11.6 Å². The Morgan fingerprint density at radius 3 is 2.23 bits per heavy atom. The summed E-state index contributed by atoms with van der Waals surface area (Å²) < 4.78 is 16.1. The Morgan fingerprint density at radius 1 is 0.923 bits per heavy atom. The third-order valence-corrected chi connectivity index (χ3v) is 3.63. The van der Waals surface area contributed by atoms with Crippen LogP contribution in [0.2, 0.25) is 5.02 Å². The first-order valence-electron chi connectivity index (χ1n) is 7.71. The van der Waals surface area contributed by atoms with Crippen LogP contribution in [0.4, 0.5) is 5.69 Å². The van der Waals surface area contributed by atoms with Crippen molar-refractivity contribution in [3.05, 3.63) is 65.2 Å². The zero-order valence-electron chi connectivity index (χ0n) is 14.2. The van der Waals surface area contributed by atoms with Gasteiger partial charge in [-0.15, -0.1) is 0 Å². The number of aromatic nitrogens is 2. The largest absolute Gasteiger partial charge is 0.481 e. The van der Waals surface area contributed by atoms with Crippen molar-refractivity contribution in [2.45, 2.75) is 0 Å². The van der Waals surface area contributed by atoms with Crippen LogP contribution in [0.1, 0.15) is 5.56 Å². The zero-order chi connectivity index (χ0) is 18.4. The van der Waals surface area contributed by atoms with Gasteiger partial charge in [-0.1, -0.05) is 23.7 Å². The molecule has 0 saturated carbocycles. The van der Waals surface area contributed by atoms with Gasteiger partial charge >= 0.3 is 6.01 Å². The fourth-order valence-electron chi connectivity index (χ4n) is 2.09. The van der Waals surface area contributed by atoms with E-state index in [2.05, 4.69) is 15.0 Å². The molecule has 0 N–H and O–H groups in total. The molecule has 0 atom stereocenters. The highest BCUT2D eigenvalue weighted by Gasteiger charge is 2.09. The van der Waals surface area contributed by atoms with E-state index < -0.39 is 0 Å². The summed E-state index contributed by atoms with van der Waals surface area (Å²) in [6.07, 6.45) is 1.70. The van der Waals surface area contributed by atoms with E-state index in [-0.39, 0.29) is 6.01 Å². The van der Waals surface area contributed by atoms with E-state index in [1.54, 1.807) is 30.5 Å².